The van der Waals surface area contributed by atoms with Crippen molar-refractivity contribution >= 4 is 11.0 Å². The summed E-state index contributed by atoms with van der Waals surface area (Å²) >= 11 is 0. The number of ether oxygens (including phenoxy) is 1. The molecular formula is C15H14N2O2. The number of aliphatic hydroxyl groups excluding tert-OH is 1. The van der Waals surface area contributed by atoms with Gasteiger partial charge in [0.1, 0.15) is 23.9 Å². The second kappa shape index (κ2) is 4.74. The molecule has 1 heterocycles. The van der Waals surface area contributed by atoms with Crippen LogP contribution in [0, 0.1) is 0 Å². The summed E-state index contributed by atoms with van der Waals surface area (Å²) in [6.45, 7) is -0.0694. The molecule has 3 aromatic rings. The minimum absolute atomic E-state index is 0.0694. The number of aryl methyl sites for hydroxylation is 1. The molecule has 4 nitrogen and oxygen atoms in total. The minimum atomic E-state index is -0.0694. The maximum atomic E-state index is 9.21. The van der Waals surface area contributed by atoms with Crippen LogP contribution in [0.4, 0.5) is 0 Å². The van der Waals surface area contributed by atoms with Gasteiger partial charge >= 0.3 is 0 Å². The topological polar surface area (TPSA) is 47.3 Å². The Morgan fingerprint density at radius 3 is 2.63 bits per heavy atom. The van der Waals surface area contributed by atoms with E-state index in [0.717, 1.165) is 22.5 Å². The zero-order valence-corrected chi connectivity index (χ0v) is 10.6. The van der Waals surface area contributed by atoms with E-state index in [1.54, 1.807) is 0 Å². The molecule has 0 spiro atoms. The van der Waals surface area contributed by atoms with Gasteiger partial charge in [0, 0.05) is 13.1 Å². The summed E-state index contributed by atoms with van der Waals surface area (Å²) in [6, 6.07) is 15.3. The van der Waals surface area contributed by atoms with Crippen LogP contribution in [0.1, 0.15) is 5.82 Å². The molecule has 0 bridgehead atoms. The molecular weight excluding hydrogens is 240 g/mol. The molecule has 0 amide bonds. The molecule has 0 fully saturated rings. The van der Waals surface area contributed by atoms with E-state index in [-0.39, 0.29) is 6.61 Å². The third-order valence-corrected chi connectivity index (χ3v) is 3.07. The summed E-state index contributed by atoms with van der Waals surface area (Å²) in [4.78, 5) is 4.37. The quantitative estimate of drug-likeness (QED) is 0.781. The van der Waals surface area contributed by atoms with Crippen LogP contribution in [0.3, 0.4) is 0 Å². The zero-order chi connectivity index (χ0) is 13.2. The van der Waals surface area contributed by atoms with Crippen molar-refractivity contribution in [3.8, 4) is 11.5 Å². The molecule has 0 radical (unpaired) electrons. The van der Waals surface area contributed by atoms with E-state index in [2.05, 4.69) is 4.98 Å². The number of fused-ring (bicyclic) bond motifs is 1. The highest BCUT2D eigenvalue weighted by molar-refractivity contribution is 5.77. The highest BCUT2D eigenvalue weighted by Crippen LogP contribution is 2.25. The molecule has 4 heteroatoms. The molecule has 0 aliphatic heterocycles. The summed E-state index contributed by atoms with van der Waals surface area (Å²) in [7, 11) is 1.89. The smallest absolute Gasteiger partial charge is 0.135 e. The number of nitrogens with zero attached hydrogens (tertiary/aromatic N) is 2. The number of hydrogen-bond acceptors (Lipinski definition) is 3. The van der Waals surface area contributed by atoms with Crippen LogP contribution in [0.2, 0.25) is 0 Å². The van der Waals surface area contributed by atoms with Gasteiger partial charge in [-0.25, -0.2) is 4.98 Å². The van der Waals surface area contributed by atoms with E-state index >= 15 is 0 Å². The minimum Gasteiger partial charge on any atom is -0.457 e. The highest BCUT2D eigenvalue weighted by Gasteiger charge is 2.08. The Morgan fingerprint density at radius 2 is 1.89 bits per heavy atom. The van der Waals surface area contributed by atoms with Gasteiger partial charge in [0.25, 0.3) is 0 Å². The van der Waals surface area contributed by atoms with Gasteiger partial charge in [0.2, 0.25) is 0 Å². The van der Waals surface area contributed by atoms with Gasteiger partial charge in [-0.2, -0.15) is 0 Å². The van der Waals surface area contributed by atoms with Crippen molar-refractivity contribution in [3.05, 3.63) is 54.4 Å². The van der Waals surface area contributed by atoms with Crippen LogP contribution >= 0.6 is 0 Å². The molecule has 0 saturated heterocycles. The van der Waals surface area contributed by atoms with Crippen molar-refractivity contribution < 1.29 is 9.84 Å². The summed E-state index contributed by atoms with van der Waals surface area (Å²) in [6.07, 6.45) is 0. The average Bonchev–Trinajstić information content (AvgIpc) is 2.76. The van der Waals surface area contributed by atoms with Crippen LogP contribution in [0.5, 0.6) is 11.5 Å². The summed E-state index contributed by atoms with van der Waals surface area (Å²) in [5.41, 5.74) is 1.80. The summed E-state index contributed by atoms with van der Waals surface area (Å²) in [5.74, 6) is 2.17. The molecule has 19 heavy (non-hydrogen) atoms. The van der Waals surface area contributed by atoms with E-state index in [1.165, 1.54) is 0 Å². The van der Waals surface area contributed by atoms with Gasteiger partial charge in [-0.05, 0) is 24.3 Å². The Morgan fingerprint density at radius 1 is 1.11 bits per heavy atom. The average molecular weight is 254 g/mol. The first kappa shape index (κ1) is 11.7. The Bertz CT molecular complexity index is 705. The Balaban J connectivity index is 1.98. The number of para-hydroxylation sites is 1. The highest BCUT2D eigenvalue weighted by atomic mass is 16.5. The van der Waals surface area contributed by atoms with E-state index in [0.29, 0.717) is 5.82 Å². The SMILES string of the molecule is Cn1c(CO)nc2cc(Oc3ccccc3)ccc21. The molecule has 1 aromatic heterocycles. The second-order valence-electron chi connectivity index (χ2n) is 4.31. The zero-order valence-electron chi connectivity index (χ0n) is 10.6. The van der Waals surface area contributed by atoms with Gasteiger partial charge in [0.15, 0.2) is 0 Å². The van der Waals surface area contributed by atoms with E-state index in [9.17, 15) is 5.11 Å². The number of hydrogen-bond donors (Lipinski definition) is 1. The fraction of sp³-hybridized carbons (Fsp3) is 0.133. The van der Waals surface area contributed by atoms with E-state index in [1.807, 2.05) is 60.1 Å². The number of aromatic nitrogens is 2. The molecule has 0 unspecified atom stereocenters. The van der Waals surface area contributed by atoms with Crippen LogP contribution in [0.25, 0.3) is 11.0 Å². The van der Waals surface area contributed by atoms with Crippen molar-refractivity contribution in [3.63, 3.8) is 0 Å². The van der Waals surface area contributed by atoms with Crippen molar-refractivity contribution in [1.29, 1.82) is 0 Å². The lowest BCUT2D eigenvalue weighted by molar-refractivity contribution is 0.268. The molecule has 0 atom stereocenters. The molecule has 1 N–H and O–H groups in total. The normalized spacial score (nSPS) is 10.8. The first-order valence-corrected chi connectivity index (χ1v) is 6.07. The van der Waals surface area contributed by atoms with E-state index in [4.69, 9.17) is 4.74 Å². The largest absolute Gasteiger partial charge is 0.457 e. The number of aliphatic hydroxyl groups is 1. The fourth-order valence-electron chi connectivity index (χ4n) is 2.06. The van der Waals surface area contributed by atoms with Crippen LogP contribution < -0.4 is 4.74 Å². The first-order chi connectivity index (χ1) is 9.28. The van der Waals surface area contributed by atoms with Crippen molar-refractivity contribution in [2.75, 3.05) is 0 Å². The third-order valence-electron chi connectivity index (χ3n) is 3.07. The lowest BCUT2D eigenvalue weighted by Crippen LogP contribution is -1.96. The number of benzene rings is 2. The Labute approximate surface area is 110 Å². The van der Waals surface area contributed by atoms with Gasteiger partial charge in [-0.3, -0.25) is 0 Å². The molecule has 0 aliphatic rings. The maximum Gasteiger partial charge on any atom is 0.135 e. The predicted molar refractivity (Wildman–Crippen MR) is 73.2 cm³/mol. The second-order valence-corrected chi connectivity index (χ2v) is 4.31. The van der Waals surface area contributed by atoms with E-state index < -0.39 is 0 Å². The Kier molecular flexibility index (Phi) is 2.93. The standard InChI is InChI=1S/C15H14N2O2/c1-17-14-8-7-12(9-13(14)16-15(17)10-18)19-11-5-3-2-4-6-11/h2-9,18H,10H2,1H3. The van der Waals surface area contributed by atoms with Crippen molar-refractivity contribution in [2.24, 2.45) is 7.05 Å². The number of rotatable bonds is 3. The predicted octanol–water partition coefficient (Wildman–Crippen LogP) is 2.86. The van der Waals surface area contributed by atoms with Crippen molar-refractivity contribution in [2.45, 2.75) is 6.61 Å². The van der Waals surface area contributed by atoms with Crippen LogP contribution in [-0.4, -0.2) is 14.7 Å². The van der Waals surface area contributed by atoms with Crippen molar-refractivity contribution in [1.82, 2.24) is 9.55 Å². The fourth-order valence-corrected chi connectivity index (χ4v) is 2.06. The van der Waals surface area contributed by atoms with Gasteiger partial charge < -0.3 is 14.4 Å². The van der Waals surface area contributed by atoms with Gasteiger partial charge in [-0.1, -0.05) is 18.2 Å². The molecule has 2 aromatic carbocycles. The lowest BCUT2D eigenvalue weighted by Gasteiger charge is -2.05. The van der Waals surface area contributed by atoms with Gasteiger partial charge in [0.05, 0.1) is 11.0 Å². The maximum absolute atomic E-state index is 9.21. The van der Waals surface area contributed by atoms with Gasteiger partial charge in [-0.15, -0.1) is 0 Å². The van der Waals surface area contributed by atoms with Crippen LogP contribution in [0.15, 0.2) is 48.5 Å². The molecule has 3 rings (SSSR count). The molecule has 96 valence electrons. The number of imidazole rings is 1. The molecule has 0 saturated carbocycles. The third kappa shape index (κ3) is 2.18. The first-order valence-electron chi connectivity index (χ1n) is 6.07. The lowest BCUT2D eigenvalue weighted by atomic mass is 10.3. The monoisotopic (exact) mass is 254 g/mol. The van der Waals surface area contributed by atoms with Crippen LogP contribution in [-0.2, 0) is 13.7 Å². The summed E-state index contributed by atoms with van der Waals surface area (Å²) in [5, 5.41) is 9.21. The molecule has 0 aliphatic carbocycles. The Hall–Kier alpha value is -2.33. The summed E-state index contributed by atoms with van der Waals surface area (Å²) < 4.78 is 7.63.